The molecule has 8 heteroatoms. The predicted molar refractivity (Wildman–Crippen MR) is 73.8 cm³/mol. The molecule has 0 aliphatic rings. The van der Waals surface area contributed by atoms with Crippen LogP contribution in [-0.4, -0.2) is 25.1 Å². The molecular formula is C13H16FN3O3S. The molecule has 1 N–H and O–H groups in total. The van der Waals surface area contributed by atoms with Gasteiger partial charge < -0.3 is 4.52 Å². The second kappa shape index (κ2) is 5.90. The van der Waals surface area contributed by atoms with Gasteiger partial charge in [-0.3, -0.25) is 0 Å². The lowest BCUT2D eigenvalue weighted by Crippen LogP contribution is -2.27. The average molecular weight is 313 g/mol. The number of halogens is 1. The third-order valence-corrected chi connectivity index (χ3v) is 4.66. The van der Waals surface area contributed by atoms with Crippen molar-refractivity contribution >= 4 is 10.0 Å². The van der Waals surface area contributed by atoms with Gasteiger partial charge in [0.15, 0.2) is 5.82 Å². The van der Waals surface area contributed by atoms with E-state index in [1.54, 1.807) is 20.8 Å². The van der Waals surface area contributed by atoms with Gasteiger partial charge in [-0.2, -0.15) is 4.98 Å². The molecule has 2 aromatic rings. The van der Waals surface area contributed by atoms with Gasteiger partial charge in [-0.05, 0) is 44.0 Å². The molecule has 1 aromatic heterocycles. The van der Waals surface area contributed by atoms with Crippen LogP contribution >= 0.6 is 0 Å². The summed E-state index contributed by atoms with van der Waals surface area (Å²) in [6, 6.07) is 2.39. The van der Waals surface area contributed by atoms with Gasteiger partial charge in [-0.25, -0.2) is 17.5 Å². The number of nitrogens with zero attached hydrogens (tertiary/aromatic N) is 2. The van der Waals surface area contributed by atoms with Gasteiger partial charge in [-0.15, -0.1) is 0 Å². The third-order valence-electron chi connectivity index (χ3n) is 2.89. The molecule has 0 unspecified atom stereocenters. The maximum Gasteiger partial charge on any atom is 0.241 e. The number of aromatic nitrogens is 2. The fraction of sp³-hybridized carbons (Fsp3) is 0.385. The number of nitrogens with one attached hydrogen (secondary N) is 1. The highest BCUT2D eigenvalue weighted by molar-refractivity contribution is 7.89. The van der Waals surface area contributed by atoms with Crippen molar-refractivity contribution in [2.24, 2.45) is 0 Å². The first-order valence-electron chi connectivity index (χ1n) is 6.35. The number of aryl methyl sites for hydroxylation is 3. The van der Waals surface area contributed by atoms with Gasteiger partial charge in [0.2, 0.25) is 15.9 Å². The summed E-state index contributed by atoms with van der Waals surface area (Å²) in [6.45, 7) is 4.93. The van der Waals surface area contributed by atoms with Crippen molar-refractivity contribution in [3.05, 3.63) is 40.8 Å². The zero-order chi connectivity index (χ0) is 15.6. The Morgan fingerprint density at radius 1 is 1.24 bits per heavy atom. The van der Waals surface area contributed by atoms with E-state index < -0.39 is 15.8 Å². The molecule has 0 saturated heterocycles. The van der Waals surface area contributed by atoms with Crippen molar-refractivity contribution in [2.45, 2.75) is 32.1 Å². The van der Waals surface area contributed by atoms with Gasteiger partial charge >= 0.3 is 0 Å². The number of hydrogen-bond acceptors (Lipinski definition) is 5. The molecule has 0 atom stereocenters. The molecule has 0 radical (unpaired) electrons. The third kappa shape index (κ3) is 3.64. The summed E-state index contributed by atoms with van der Waals surface area (Å²) in [5.74, 6) is 0.408. The van der Waals surface area contributed by atoms with Crippen LogP contribution in [0, 0.1) is 26.6 Å². The van der Waals surface area contributed by atoms with Crippen LogP contribution in [0.2, 0.25) is 0 Å². The molecule has 114 valence electrons. The summed E-state index contributed by atoms with van der Waals surface area (Å²) in [5, 5.41) is 3.62. The molecule has 0 aliphatic carbocycles. The van der Waals surface area contributed by atoms with Gasteiger partial charge in [-0.1, -0.05) is 5.16 Å². The molecule has 2 rings (SSSR count). The molecule has 0 aliphatic heterocycles. The van der Waals surface area contributed by atoms with Crippen LogP contribution in [-0.2, 0) is 16.4 Å². The first-order chi connectivity index (χ1) is 9.79. The maximum absolute atomic E-state index is 13.2. The first kappa shape index (κ1) is 15.6. The van der Waals surface area contributed by atoms with Crippen molar-refractivity contribution in [3.8, 4) is 0 Å². The highest BCUT2D eigenvalue weighted by Crippen LogP contribution is 2.21. The van der Waals surface area contributed by atoms with Gasteiger partial charge in [0.1, 0.15) is 5.82 Å². The van der Waals surface area contributed by atoms with Crippen LogP contribution in [0.3, 0.4) is 0 Å². The van der Waals surface area contributed by atoms with E-state index in [1.807, 2.05) is 0 Å². The molecule has 1 heterocycles. The minimum atomic E-state index is -3.71. The molecule has 1 aromatic carbocycles. The monoisotopic (exact) mass is 313 g/mol. The minimum Gasteiger partial charge on any atom is -0.339 e. The molecule has 0 bridgehead atoms. The fourth-order valence-corrected chi connectivity index (χ4v) is 3.61. The minimum absolute atomic E-state index is 0.102. The van der Waals surface area contributed by atoms with Crippen molar-refractivity contribution in [1.82, 2.24) is 14.9 Å². The lowest BCUT2D eigenvalue weighted by molar-refractivity contribution is 0.375. The molecule has 0 spiro atoms. The Morgan fingerprint density at radius 2 is 1.86 bits per heavy atom. The van der Waals surface area contributed by atoms with Gasteiger partial charge in [0, 0.05) is 13.0 Å². The summed E-state index contributed by atoms with van der Waals surface area (Å²) in [4.78, 5) is 4.09. The van der Waals surface area contributed by atoms with E-state index in [0.29, 0.717) is 29.3 Å². The topological polar surface area (TPSA) is 85.1 Å². The Kier molecular flexibility index (Phi) is 4.38. The fourth-order valence-electron chi connectivity index (χ4n) is 2.13. The zero-order valence-electron chi connectivity index (χ0n) is 12.0. The quantitative estimate of drug-likeness (QED) is 0.907. The standard InChI is InChI=1S/C13H16FN3O3S/c1-8-6-11(14)7-9(2)13(8)21(18,19)15-5-4-12-16-10(3)17-20-12/h6-7,15H,4-5H2,1-3H3. The Morgan fingerprint density at radius 3 is 2.38 bits per heavy atom. The van der Waals surface area contributed by atoms with Crippen molar-refractivity contribution in [1.29, 1.82) is 0 Å². The molecule has 21 heavy (non-hydrogen) atoms. The van der Waals surface area contributed by atoms with E-state index in [9.17, 15) is 12.8 Å². The van der Waals surface area contributed by atoms with Crippen LogP contribution in [0.1, 0.15) is 22.8 Å². The summed E-state index contributed by atoms with van der Waals surface area (Å²) in [7, 11) is -3.71. The second-order valence-electron chi connectivity index (χ2n) is 4.75. The highest BCUT2D eigenvalue weighted by Gasteiger charge is 2.20. The van der Waals surface area contributed by atoms with Gasteiger partial charge in [0.05, 0.1) is 4.90 Å². The number of sulfonamides is 1. The second-order valence-corrected chi connectivity index (χ2v) is 6.46. The molecule has 0 fully saturated rings. The van der Waals surface area contributed by atoms with E-state index >= 15 is 0 Å². The first-order valence-corrected chi connectivity index (χ1v) is 7.83. The van der Waals surface area contributed by atoms with Crippen molar-refractivity contribution < 1.29 is 17.3 Å². The molecule has 0 saturated carbocycles. The van der Waals surface area contributed by atoms with Crippen LogP contribution in [0.15, 0.2) is 21.6 Å². The average Bonchev–Trinajstić information content (AvgIpc) is 2.72. The summed E-state index contributed by atoms with van der Waals surface area (Å²) in [5.41, 5.74) is 0.738. The maximum atomic E-state index is 13.2. The van der Waals surface area contributed by atoms with E-state index in [4.69, 9.17) is 4.52 Å². The SMILES string of the molecule is Cc1noc(CCNS(=O)(=O)c2c(C)cc(F)cc2C)n1. The number of hydrogen-bond donors (Lipinski definition) is 1. The largest absolute Gasteiger partial charge is 0.339 e. The van der Waals surface area contributed by atoms with Crippen LogP contribution in [0.5, 0.6) is 0 Å². The van der Waals surface area contributed by atoms with E-state index in [1.165, 1.54) is 12.1 Å². The van der Waals surface area contributed by atoms with Crippen LogP contribution < -0.4 is 4.72 Å². The lowest BCUT2D eigenvalue weighted by Gasteiger charge is -2.11. The molecular weight excluding hydrogens is 297 g/mol. The smallest absolute Gasteiger partial charge is 0.241 e. The lowest BCUT2D eigenvalue weighted by atomic mass is 10.1. The number of rotatable bonds is 5. The van der Waals surface area contributed by atoms with Crippen molar-refractivity contribution in [2.75, 3.05) is 6.54 Å². The van der Waals surface area contributed by atoms with Crippen molar-refractivity contribution in [3.63, 3.8) is 0 Å². The molecule has 6 nitrogen and oxygen atoms in total. The van der Waals surface area contributed by atoms with Gasteiger partial charge in [0.25, 0.3) is 0 Å². The van der Waals surface area contributed by atoms with E-state index in [2.05, 4.69) is 14.9 Å². The summed E-state index contributed by atoms with van der Waals surface area (Å²) < 4.78 is 45.1. The Balaban J connectivity index is 2.12. The van der Waals surface area contributed by atoms with E-state index in [0.717, 1.165) is 0 Å². The summed E-state index contributed by atoms with van der Waals surface area (Å²) >= 11 is 0. The van der Waals surface area contributed by atoms with Crippen LogP contribution in [0.4, 0.5) is 4.39 Å². The summed E-state index contributed by atoms with van der Waals surface area (Å²) in [6.07, 6.45) is 0.291. The normalized spacial score (nSPS) is 11.8. The zero-order valence-corrected chi connectivity index (χ0v) is 12.8. The predicted octanol–water partition coefficient (Wildman–Crippen LogP) is 1.65. The van der Waals surface area contributed by atoms with Crippen LogP contribution in [0.25, 0.3) is 0 Å². The molecule has 0 amide bonds. The Labute approximate surface area is 122 Å². The highest BCUT2D eigenvalue weighted by atomic mass is 32.2. The Hall–Kier alpha value is -1.80. The van der Waals surface area contributed by atoms with E-state index in [-0.39, 0.29) is 11.4 Å². The number of benzene rings is 1. The Bertz CT molecular complexity index is 733.